The molecule has 0 amide bonds. The summed E-state index contributed by atoms with van der Waals surface area (Å²) in [6, 6.07) is 0. The molecular formula is C14H22N2O3S. The predicted octanol–water partition coefficient (Wildman–Crippen LogP) is 2.50. The topological polar surface area (TPSA) is 51.7 Å². The predicted molar refractivity (Wildman–Crippen MR) is 79.7 cm³/mol. The number of carbonyl (C=O) groups is 1. The third-order valence-corrected chi connectivity index (χ3v) is 4.15. The first kappa shape index (κ1) is 15.4. The van der Waals surface area contributed by atoms with E-state index in [2.05, 4.69) is 37.6 Å². The molecule has 0 atom stereocenters. The zero-order valence-electron chi connectivity index (χ0n) is 12.7. The summed E-state index contributed by atoms with van der Waals surface area (Å²) >= 11 is 1.42. The summed E-state index contributed by atoms with van der Waals surface area (Å²) in [5.74, 6) is 0. The largest absolute Gasteiger partial charge is 0.378 e. The number of anilines is 1. The van der Waals surface area contributed by atoms with E-state index in [0.29, 0.717) is 17.2 Å². The van der Waals surface area contributed by atoms with Crippen LogP contribution in [0, 0.1) is 0 Å². The van der Waals surface area contributed by atoms with Crippen molar-refractivity contribution in [2.75, 3.05) is 25.1 Å². The van der Waals surface area contributed by atoms with Crippen LogP contribution in [0.4, 0.5) is 5.13 Å². The number of thiazole rings is 1. The van der Waals surface area contributed by atoms with Gasteiger partial charge >= 0.3 is 0 Å². The van der Waals surface area contributed by atoms with Gasteiger partial charge in [0.05, 0.1) is 28.4 Å². The second kappa shape index (κ2) is 5.42. The Kier molecular flexibility index (Phi) is 4.18. The summed E-state index contributed by atoms with van der Waals surface area (Å²) in [6.45, 7) is 10.2. The van der Waals surface area contributed by atoms with Gasteiger partial charge in [-0.25, -0.2) is 4.98 Å². The number of aromatic nitrogens is 1. The van der Waals surface area contributed by atoms with Crippen LogP contribution in [0.15, 0.2) is 0 Å². The van der Waals surface area contributed by atoms with Crippen LogP contribution in [0.25, 0.3) is 0 Å². The number of rotatable bonds is 4. The van der Waals surface area contributed by atoms with Gasteiger partial charge in [0.25, 0.3) is 0 Å². The number of carbonyl (C=O) groups excluding carboxylic acids is 1. The van der Waals surface area contributed by atoms with E-state index in [1.54, 1.807) is 7.11 Å². The number of hydrogen-bond acceptors (Lipinski definition) is 6. The average molecular weight is 298 g/mol. The van der Waals surface area contributed by atoms with E-state index in [4.69, 9.17) is 9.47 Å². The first-order valence-electron chi connectivity index (χ1n) is 6.65. The highest BCUT2D eigenvalue weighted by molar-refractivity contribution is 7.17. The van der Waals surface area contributed by atoms with Crippen LogP contribution in [0.3, 0.4) is 0 Å². The van der Waals surface area contributed by atoms with Crippen LogP contribution in [-0.2, 0) is 16.1 Å². The molecule has 20 heavy (non-hydrogen) atoms. The molecule has 0 unspecified atom stereocenters. The lowest BCUT2D eigenvalue weighted by Crippen LogP contribution is -2.57. The van der Waals surface area contributed by atoms with Crippen molar-refractivity contribution in [1.29, 1.82) is 0 Å². The Bertz CT molecular complexity index is 481. The molecule has 0 N–H and O–H groups in total. The molecule has 2 heterocycles. The Morgan fingerprint density at radius 1 is 1.35 bits per heavy atom. The van der Waals surface area contributed by atoms with Gasteiger partial charge in [-0.15, -0.1) is 0 Å². The normalized spacial score (nSPS) is 20.9. The Morgan fingerprint density at radius 3 is 2.45 bits per heavy atom. The Balaban J connectivity index is 2.28. The Morgan fingerprint density at radius 2 is 1.95 bits per heavy atom. The molecule has 0 saturated carbocycles. The van der Waals surface area contributed by atoms with Crippen LogP contribution in [-0.4, -0.2) is 42.7 Å². The average Bonchev–Trinajstić information content (AvgIpc) is 2.68. The molecule has 112 valence electrons. The van der Waals surface area contributed by atoms with Crippen molar-refractivity contribution in [3.8, 4) is 0 Å². The molecule has 1 fully saturated rings. The number of hydrogen-bond donors (Lipinski definition) is 0. The fraction of sp³-hybridized carbons (Fsp3) is 0.714. The molecule has 0 bridgehead atoms. The number of ether oxygens (including phenoxy) is 2. The molecule has 1 aliphatic rings. The van der Waals surface area contributed by atoms with Gasteiger partial charge < -0.3 is 14.4 Å². The van der Waals surface area contributed by atoms with Gasteiger partial charge in [-0.1, -0.05) is 11.3 Å². The van der Waals surface area contributed by atoms with E-state index in [0.717, 1.165) is 24.5 Å². The Hall–Kier alpha value is -0.980. The van der Waals surface area contributed by atoms with E-state index < -0.39 is 0 Å². The number of morpholine rings is 1. The number of nitrogens with zero attached hydrogens (tertiary/aromatic N) is 2. The van der Waals surface area contributed by atoms with Gasteiger partial charge in [0.15, 0.2) is 11.4 Å². The van der Waals surface area contributed by atoms with Crippen LogP contribution in [0.2, 0.25) is 0 Å². The molecule has 0 spiro atoms. The summed E-state index contributed by atoms with van der Waals surface area (Å²) in [4.78, 5) is 18.5. The highest BCUT2D eigenvalue weighted by Crippen LogP contribution is 2.34. The summed E-state index contributed by atoms with van der Waals surface area (Å²) in [5, 5.41) is 0.864. The van der Waals surface area contributed by atoms with Gasteiger partial charge in [0, 0.05) is 20.2 Å². The highest BCUT2D eigenvalue weighted by Gasteiger charge is 2.39. The van der Waals surface area contributed by atoms with E-state index in [1.807, 2.05) is 0 Å². The summed E-state index contributed by atoms with van der Waals surface area (Å²) < 4.78 is 11.2. The number of aldehydes is 1. The van der Waals surface area contributed by atoms with Crippen molar-refractivity contribution < 1.29 is 14.3 Å². The zero-order valence-corrected chi connectivity index (χ0v) is 13.5. The van der Waals surface area contributed by atoms with Gasteiger partial charge in [0.1, 0.15) is 0 Å². The maximum atomic E-state index is 11.1. The molecule has 1 aliphatic heterocycles. The molecule has 1 aromatic heterocycles. The van der Waals surface area contributed by atoms with Crippen LogP contribution >= 0.6 is 11.3 Å². The maximum Gasteiger partial charge on any atom is 0.186 e. The van der Waals surface area contributed by atoms with Crippen molar-refractivity contribution in [3.63, 3.8) is 0 Å². The smallest absolute Gasteiger partial charge is 0.186 e. The van der Waals surface area contributed by atoms with Gasteiger partial charge in [-0.3, -0.25) is 4.79 Å². The van der Waals surface area contributed by atoms with Crippen molar-refractivity contribution in [2.45, 2.75) is 45.5 Å². The third kappa shape index (κ3) is 3.37. The molecule has 1 saturated heterocycles. The Labute approximate surface area is 123 Å². The van der Waals surface area contributed by atoms with Crippen molar-refractivity contribution in [3.05, 3.63) is 10.6 Å². The van der Waals surface area contributed by atoms with E-state index >= 15 is 0 Å². The van der Waals surface area contributed by atoms with Crippen LogP contribution in [0.5, 0.6) is 0 Å². The maximum absolute atomic E-state index is 11.1. The fourth-order valence-electron chi connectivity index (χ4n) is 2.74. The van der Waals surface area contributed by atoms with Crippen molar-refractivity contribution >= 4 is 22.8 Å². The molecule has 2 rings (SSSR count). The lowest BCUT2D eigenvalue weighted by Gasteiger charge is -2.47. The lowest BCUT2D eigenvalue weighted by molar-refractivity contribution is -0.133. The first-order valence-corrected chi connectivity index (χ1v) is 7.47. The summed E-state index contributed by atoms with van der Waals surface area (Å²) in [6.07, 6.45) is 0.853. The van der Waals surface area contributed by atoms with Crippen LogP contribution in [0.1, 0.15) is 43.1 Å². The van der Waals surface area contributed by atoms with Gasteiger partial charge in [-0.2, -0.15) is 0 Å². The second-order valence-corrected chi connectivity index (χ2v) is 7.34. The minimum atomic E-state index is -0.240. The molecule has 1 aromatic rings. The first-order chi connectivity index (χ1) is 9.26. The van der Waals surface area contributed by atoms with E-state index in [9.17, 15) is 4.79 Å². The molecule has 6 heteroatoms. The number of methoxy groups -OCH3 is 1. The van der Waals surface area contributed by atoms with Crippen molar-refractivity contribution in [2.24, 2.45) is 0 Å². The lowest BCUT2D eigenvalue weighted by atomic mass is 9.99. The van der Waals surface area contributed by atoms with Crippen LogP contribution < -0.4 is 4.90 Å². The summed E-state index contributed by atoms with van der Waals surface area (Å²) in [5.41, 5.74) is 0.233. The third-order valence-electron chi connectivity index (χ3n) is 3.07. The SMILES string of the molecule is COCc1nc(N2CC(C)(C)OC(C)(C)C2)sc1C=O. The summed E-state index contributed by atoms with van der Waals surface area (Å²) in [7, 11) is 1.61. The quantitative estimate of drug-likeness (QED) is 0.799. The van der Waals surface area contributed by atoms with Crippen molar-refractivity contribution in [1.82, 2.24) is 4.98 Å². The minimum Gasteiger partial charge on any atom is -0.378 e. The molecular weight excluding hydrogens is 276 g/mol. The van der Waals surface area contributed by atoms with Gasteiger partial charge in [0.2, 0.25) is 0 Å². The second-order valence-electron chi connectivity index (χ2n) is 6.34. The molecule has 0 radical (unpaired) electrons. The molecule has 0 aliphatic carbocycles. The zero-order chi connectivity index (χ0) is 15.0. The molecule has 5 nitrogen and oxygen atoms in total. The highest BCUT2D eigenvalue weighted by atomic mass is 32.1. The standard InChI is InChI=1S/C14H22N2O3S/c1-13(2)8-16(9-14(3,4)19-13)12-15-10(7-18-5)11(6-17)20-12/h6H,7-9H2,1-5H3. The minimum absolute atomic E-state index is 0.240. The van der Waals surface area contributed by atoms with E-state index in [-0.39, 0.29) is 11.2 Å². The fourth-order valence-corrected chi connectivity index (χ4v) is 3.62. The molecule has 0 aromatic carbocycles. The van der Waals surface area contributed by atoms with Gasteiger partial charge in [-0.05, 0) is 27.7 Å². The monoisotopic (exact) mass is 298 g/mol. The van der Waals surface area contributed by atoms with E-state index in [1.165, 1.54) is 11.3 Å².